The third kappa shape index (κ3) is 3.54. The van der Waals surface area contributed by atoms with Crippen molar-refractivity contribution < 1.29 is 13.2 Å². The molecule has 0 unspecified atom stereocenters. The molecular weight excluding hydrogens is 419 g/mol. The summed E-state index contributed by atoms with van der Waals surface area (Å²) in [5.41, 5.74) is 2.17. The highest BCUT2D eigenvalue weighted by molar-refractivity contribution is 7.89. The second-order valence-corrected chi connectivity index (χ2v) is 9.87. The van der Waals surface area contributed by atoms with Gasteiger partial charge in [-0.05, 0) is 49.1 Å². The van der Waals surface area contributed by atoms with Gasteiger partial charge in [-0.15, -0.1) is 0 Å². The van der Waals surface area contributed by atoms with E-state index in [-0.39, 0.29) is 34.8 Å². The van der Waals surface area contributed by atoms with Crippen LogP contribution in [0.15, 0.2) is 47.4 Å². The maximum atomic E-state index is 13.0. The van der Waals surface area contributed by atoms with Gasteiger partial charge < -0.3 is 4.90 Å². The minimum absolute atomic E-state index is 0.0138. The summed E-state index contributed by atoms with van der Waals surface area (Å²) < 4.78 is 27.3. The molecule has 2 heterocycles. The number of para-hydroxylation sites is 1. The topological polar surface area (TPSA) is 57.7 Å². The summed E-state index contributed by atoms with van der Waals surface area (Å²) in [6.45, 7) is 1.27. The number of hydrogen-bond acceptors (Lipinski definition) is 3. The minimum atomic E-state index is -3.74. The summed E-state index contributed by atoms with van der Waals surface area (Å²) in [6, 6.07) is 12.4. The normalized spacial score (nSPS) is 18.3. The zero-order valence-corrected chi connectivity index (χ0v) is 17.5. The summed E-state index contributed by atoms with van der Waals surface area (Å²) >= 11 is 12.0. The molecule has 0 bridgehead atoms. The van der Waals surface area contributed by atoms with Gasteiger partial charge >= 0.3 is 0 Å². The van der Waals surface area contributed by atoms with Crippen molar-refractivity contribution in [2.45, 2.75) is 24.2 Å². The van der Waals surface area contributed by atoms with Gasteiger partial charge in [-0.2, -0.15) is 4.31 Å². The Balaban J connectivity index is 1.46. The molecular formula is C20H20Cl2N2O3S. The Morgan fingerprint density at radius 2 is 1.71 bits per heavy atom. The first-order valence-electron chi connectivity index (χ1n) is 9.22. The Morgan fingerprint density at radius 3 is 2.46 bits per heavy atom. The first-order valence-corrected chi connectivity index (χ1v) is 11.4. The van der Waals surface area contributed by atoms with Gasteiger partial charge in [0.2, 0.25) is 15.9 Å². The summed E-state index contributed by atoms with van der Waals surface area (Å²) in [5, 5.41) is 0.469. The van der Waals surface area contributed by atoms with Crippen LogP contribution in [0.3, 0.4) is 0 Å². The molecule has 0 radical (unpaired) electrons. The van der Waals surface area contributed by atoms with Crippen LogP contribution >= 0.6 is 23.2 Å². The largest absolute Gasteiger partial charge is 0.312 e. The van der Waals surface area contributed by atoms with E-state index in [1.165, 1.54) is 22.0 Å². The number of hydrogen-bond donors (Lipinski definition) is 0. The van der Waals surface area contributed by atoms with Gasteiger partial charge in [-0.3, -0.25) is 4.79 Å². The fraction of sp³-hybridized carbons (Fsp3) is 0.350. The summed E-state index contributed by atoms with van der Waals surface area (Å²) in [5.74, 6) is -0.0878. The van der Waals surface area contributed by atoms with Crippen molar-refractivity contribution in [1.29, 1.82) is 0 Å². The second-order valence-electron chi connectivity index (χ2n) is 7.12. The summed E-state index contributed by atoms with van der Waals surface area (Å²) in [4.78, 5) is 14.9. The molecule has 0 aromatic heterocycles. The van der Waals surface area contributed by atoms with Crippen molar-refractivity contribution >= 4 is 44.8 Å². The number of carbonyl (C=O) groups is 1. The van der Waals surface area contributed by atoms with Crippen LogP contribution in [-0.2, 0) is 21.2 Å². The number of fused-ring (bicyclic) bond motifs is 1. The number of benzene rings is 2. The highest BCUT2D eigenvalue weighted by Gasteiger charge is 2.36. The van der Waals surface area contributed by atoms with E-state index in [1.807, 2.05) is 29.2 Å². The lowest BCUT2D eigenvalue weighted by Crippen LogP contribution is -2.44. The van der Waals surface area contributed by atoms with Crippen LogP contribution in [0, 0.1) is 5.92 Å². The highest BCUT2D eigenvalue weighted by Crippen LogP contribution is 2.33. The van der Waals surface area contributed by atoms with Crippen molar-refractivity contribution in [2.24, 2.45) is 5.92 Å². The van der Waals surface area contributed by atoms with E-state index in [9.17, 15) is 13.2 Å². The average molecular weight is 439 g/mol. The van der Waals surface area contributed by atoms with E-state index in [4.69, 9.17) is 23.2 Å². The molecule has 0 saturated carbocycles. The van der Waals surface area contributed by atoms with Crippen molar-refractivity contribution in [3.05, 3.63) is 58.1 Å². The number of piperidine rings is 1. The summed E-state index contributed by atoms with van der Waals surface area (Å²) in [6.07, 6.45) is 1.85. The first kappa shape index (κ1) is 19.7. The maximum absolute atomic E-state index is 13.0. The van der Waals surface area contributed by atoms with Gasteiger partial charge in [0.15, 0.2) is 0 Å². The number of halogens is 2. The molecule has 0 aliphatic carbocycles. The van der Waals surface area contributed by atoms with E-state index < -0.39 is 10.0 Å². The molecule has 5 nitrogen and oxygen atoms in total. The van der Waals surface area contributed by atoms with Crippen LogP contribution in [-0.4, -0.2) is 38.3 Å². The third-order valence-corrected chi connectivity index (χ3v) is 8.08. The molecule has 0 atom stereocenters. The predicted octanol–water partition coefficient (Wildman–Crippen LogP) is 3.98. The molecule has 1 fully saturated rings. The van der Waals surface area contributed by atoms with Crippen LogP contribution in [0.25, 0.3) is 0 Å². The van der Waals surface area contributed by atoms with E-state index >= 15 is 0 Å². The fourth-order valence-corrected chi connectivity index (χ4v) is 6.15. The zero-order valence-electron chi connectivity index (χ0n) is 15.1. The number of rotatable bonds is 3. The first-order chi connectivity index (χ1) is 13.4. The molecule has 0 spiro atoms. The smallest absolute Gasteiger partial charge is 0.244 e. The van der Waals surface area contributed by atoms with Crippen molar-refractivity contribution in [3.63, 3.8) is 0 Å². The molecule has 2 aromatic carbocycles. The van der Waals surface area contributed by atoms with Gasteiger partial charge in [0.25, 0.3) is 0 Å². The molecule has 1 saturated heterocycles. The van der Waals surface area contributed by atoms with E-state index in [0.717, 1.165) is 12.1 Å². The predicted molar refractivity (Wildman–Crippen MR) is 110 cm³/mol. The lowest BCUT2D eigenvalue weighted by atomic mass is 9.96. The molecule has 1 amide bonds. The van der Waals surface area contributed by atoms with Gasteiger partial charge in [-0.1, -0.05) is 41.4 Å². The Morgan fingerprint density at radius 1 is 1.00 bits per heavy atom. The van der Waals surface area contributed by atoms with Crippen molar-refractivity contribution in [1.82, 2.24) is 4.31 Å². The number of sulfonamides is 1. The SMILES string of the molecule is O=C(C1CCN(S(=O)(=O)c2cc(Cl)ccc2Cl)CC1)N1CCc2ccccc21. The Bertz CT molecular complexity index is 1020. The standard InChI is InChI=1S/C20H20Cl2N2O3S/c21-16-5-6-17(22)19(13-16)28(26,27)23-10-7-15(8-11-23)20(25)24-12-9-14-3-1-2-4-18(14)24/h1-6,13,15H,7-12H2. The molecule has 8 heteroatoms. The molecule has 28 heavy (non-hydrogen) atoms. The van der Waals surface area contributed by atoms with E-state index in [2.05, 4.69) is 0 Å². The number of anilines is 1. The van der Waals surface area contributed by atoms with Crippen molar-refractivity contribution in [3.8, 4) is 0 Å². The molecule has 4 rings (SSSR count). The van der Waals surface area contributed by atoms with Crippen LogP contribution in [0.4, 0.5) is 5.69 Å². The zero-order chi connectivity index (χ0) is 19.9. The van der Waals surface area contributed by atoms with Crippen LogP contribution in [0.5, 0.6) is 0 Å². The number of carbonyl (C=O) groups excluding carboxylic acids is 1. The fourth-order valence-electron chi connectivity index (χ4n) is 3.94. The van der Waals surface area contributed by atoms with Crippen molar-refractivity contribution in [2.75, 3.05) is 24.5 Å². The lowest BCUT2D eigenvalue weighted by molar-refractivity contribution is -0.123. The van der Waals surface area contributed by atoms with Crippen LogP contribution < -0.4 is 4.90 Å². The van der Waals surface area contributed by atoms with Crippen LogP contribution in [0.2, 0.25) is 10.0 Å². The molecule has 2 aliphatic rings. The lowest BCUT2D eigenvalue weighted by Gasteiger charge is -2.32. The minimum Gasteiger partial charge on any atom is -0.312 e. The van der Waals surface area contributed by atoms with Crippen LogP contribution in [0.1, 0.15) is 18.4 Å². The Hall–Kier alpha value is -1.60. The van der Waals surface area contributed by atoms with Gasteiger partial charge in [0.1, 0.15) is 4.90 Å². The number of amides is 1. The molecule has 2 aromatic rings. The molecule has 0 N–H and O–H groups in total. The Labute approximate surface area is 174 Å². The third-order valence-electron chi connectivity index (χ3n) is 5.47. The molecule has 148 valence electrons. The second kappa shape index (κ2) is 7.67. The molecule has 2 aliphatic heterocycles. The van der Waals surface area contributed by atoms with E-state index in [0.29, 0.717) is 24.4 Å². The average Bonchev–Trinajstić information content (AvgIpc) is 3.13. The quantitative estimate of drug-likeness (QED) is 0.727. The maximum Gasteiger partial charge on any atom is 0.244 e. The van der Waals surface area contributed by atoms with Gasteiger partial charge in [-0.25, -0.2) is 8.42 Å². The number of nitrogens with zero attached hydrogens (tertiary/aromatic N) is 2. The van der Waals surface area contributed by atoms with Gasteiger partial charge in [0, 0.05) is 36.3 Å². The monoisotopic (exact) mass is 438 g/mol. The Kier molecular flexibility index (Phi) is 5.40. The van der Waals surface area contributed by atoms with E-state index in [1.54, 1.807) is 6.07 Å². The van der Waals surface area contributed by atoms with Gasteiger partial charge in [0.05, 0.1) is 5.02 Å². The highest BCUT2D eigenvalue weighted by atomic mass is 35.5. The summed E-state index contributed by atoms with van der Waals surface area (Å²) in [7, 11) is -3.74.